The van der Waals surface area contributed by atoms with Crippen LogP contribution in [0.2, 0.25) is 0 Å². The summed E-state index contributed by atoms with van der Waals surface area (Å²) >= 11 is 0. The van der Waals surface area contributed by atoms with Crippen LogP contribution < -0.4 is 16.4 Å². The summed E-state index contributed by atoms with van der Waals surface area (Å²) in [4.78, 5) is 21.8. The fourth-order valence-electron chi connectivity index (χ4n) is 1.42. The number of benzene rings is 1. The molecule has 0 unspecified atom stereocenters. The molecule has 1 aromatic carbocycles. The number of carbonyl (C=O) groups is 2. The standard InChI is InChI=1S/C12H15F2N3O2/c13-9-5-4-8(7-10(9)14)17-11(18)3-1-2-6-16-12(15)19/h4-5,7H,1-3,6H2,(H,17,18)(H3,15,16,19). The molecule has 3 amide bonds. The van der Waals surface area contributed by atoms with Crippen LogP contribution in [0.3, 0.4) is 0 Å². The van der Waals surface area contributed by atoms with Gasteiger partial charge in [-0.25, -0.2) is 13.6 Å². The molecule has 104 valence electrons. The number of nitrogens with two attached hydrogens (primary N) is 1. The highest BCUT2D eigenvalue weighted by Gasteiger charge is 2.06. The van der Waals surface area contributed by atoms with Crippen molar-refractivity contribution in [2.75, 3.05) is 11.9 Å². The largest absolute Gasteiger partial charge is 0.352 e. The third-order valence-electron chi connectivity index (χ3n) is 2.33. The summed E-state index contributed by atoms with van der Waals surface area (Å²) in [5.41, 5.74) is 5.08. The van der Waals surface area contributed by atoms with Crippen LogP contribution in [-0.4, -0.2) is 18.5 Å². The summed E-state index contributed by atoms with van der Waals surface area (Å²) in [5, 5.41) is 4.85. The van der Waals surface area contributed by atoms with Crippen molar-refractivity contribution in [1.82, 2.24) is 5.32 Å². The number of primary amides is 1. The predicted molar refractivity (Wildman–Crippen MR) is 66.4 cm³/mol. The van der Waals surface area contributed by atoms with Gasteiger partial charge in [0, 0.05) is 24.7 Å². The quantitative estimate of drug-likeness (QED) is 0.688. The van der Waals surface area contributed by atoms with E-state index in [1.54, 1.807) is 0 Å². The van der Waals surface area contributed by atoms with Gasteiger partial charge >= 0.3 is 6.03 Å². The summed E-state index contributed by atoms with van der Waals surface area (Å²) in [7, 11) is 0. The Labute approximate surface area is 109 Å². The van der Waals surface area contributed by atoms with E-state index in [2.05, 4.69) is 10.6 Å². The lowest BCUT2D eigenvalue weighted by molar-refractivity contribution is -0.116. The maximum absolute atomic E-state index is 12.9. The van der Waals surface area contributed by atoms with Crippen LogP contribution in [0.25, 0.3) is 0 Å². The first kappa shape index (κ1) is 14.9. The van der Waals surface area contributed by atoms with Gasteiger partial charge in [-0.2, -0.15) is 0 Å². The highest BCUT2D eigenvalue weighted by Crippen LogP contribution is 2.13. The predicted octanol–water partition coefficient (Wildman–Crippen LogP) is 1.74. The molecule has 7 heteroatoms. The molecule has 0 aromatic heterocycles. The van der Waals surface area contributed by atoms with E-state index in [0.717, 1.165) is 12.1 Å². The molecule has 0 radical (unpaired) electrons. The van der Waals surface area contributed by atoms with Gasteiger partial charge in [-0.1, -0.05) is 0 Å². The molecule has 0 fully saturated rings. The van der Waals surface area contributed by atoms with Gasteiger partial charge < -0.3 is 16.4 Å². The van der Waals surface area contributed by atoms with Crippen molar-refractivity contribution in [2.45, 2.75) is 19.3 Å². The van der Waals surface area contributed by atoms with E-state index in [9.17, 15) is 18.4 Å². The molecule has 0 saturated carbocycles. The number of carbonyl (C=O) groups excluding carboxylic acids is 2. The number of unbranched alkanes of at least 4 members (excludes halogenated alkanes) is 1. The topological polar surface area (TPSA) is 84.2 Å². The van der Waals surface area contributed by atoms with Gasteiger partial charge in [0.05, 0.1) is 0 Å². The number of amides is 3. The Bertz CT molecular complexity index is 466. The Morgan fingerprint density at radius 1 is 1.16 bits per heavy atom. The highest BCUT2D eigenvalue weighted by molar-refractivity contribution is 5.90. The van der Waals surface area contributed by atoms with E-state index in [4.69, 9.17) is 5.73 Å². The third kappa shape index (κ3) is 5.80. The van der Waals surface area contributed by atoms with Crippen molar-refractivity contribution in [2.24, 2.45) is 5.73 Å². The minimum absolute atomic E-state index is 0.208. The normalized spacial score (nSPS) is 10.0. The average molecular weight is 271 g/mol. The van der Waals surface area contributed by atoms with Crippen LogP contribution in [0.5, 0.6) is 0 Å². The number of rotatable bonds is 6. The maximum atomic E-state index is 12.9. The van der Waals surface area contributed by atoms with Gasteiger partial charge in [0.1, 0.15) is 0 Å². The van der Waals surface area contributed by atoms with Crippen LogP contribution in [-0.2, 0) is 4.79 Å². The third-order valence-corrected chi connectivity index (χ3v) is 2.33. The van der Waals surface area contributed by atoms with Gasteiger partial charge in [-0.15, -0.1) is 0 Å². The summed E-state index contributed by atoms with van der Waals surface area (Å²) in [6, 6.07) is 2.54. The monoisotopic (exact) mass is 271 g/mol. The van der Waals surface area contributed by atoms with E-state index in [-0.39, 0.29) is 18.0 Å². The lowest BCUT2D eigenvalue weighted by atomic mass is 10.2. The molecule has 0 atom stereocenters. The molecule has 1 aromatic rings. The van der Waals surface area contributed by atoms with Crippen molar-refractivity contribution in [1.29, 1.82) is 0 Å². The van der Waals surface area contributed by atoms with Gasteiger partial charge in [-0.05, 0) is 25.0 Å². The van der Waals surface area contributed by atoms with Crippen molar-refractivity contribution < 1.29 is 18.4 Å². The molecule has 4 N–H and O–H groups in total. The number of hydrogen-bond donors (Lipinski definition) is 3. The van der Waals surface area contributed by atoms with Crippen LogP contribution in [0.15, 0.2) is 18.2 Å². The zero-order valence-corrected chi connectivity index (χ0v) is 10.2. The number of hydrogen-bond acceptors (Lipinski definition) is 2. The Morgan fingerprint density at radius 2 is 1.89 bits per heavy atom. The Balaban J connectivity index is 2.27. The molecule has 1 rings (SSSR count). The second kappa shape index (κ2) is 7.30. The molecule has 0 spiro atoms. The maximum Gasteiger partial charge on any atom is 0.312 e. The highest BCUT2D eigenvalue weighted by atomic mass is 19.2. The first-order valence-electron chi connectivity index (χ1n) is 5.77. The molecule has 19 heavy (non-hydrogen) atoms. The SMILES string of the molecule is NC(=O)NCCCCC(=O)Nc1ccc(F)c(F)c1. The molecular weight excluding hydrogens is 256 g/mol. The van der Waals surface area contributed by atoms with E-state index in [1.165, 1.54) is 6.07 Å². The molecule has 0 heterocycles. The van der Waals surface area contributed by atoms with Gasteiger partial charge in [0.2, 0.25) is 5.91 Å². The van der Waals surface area contributed by atoms with Crippen molar-refractivity contribution in [3.05, 3.63) is 29.8 Å². The minimum atomic E-state index is -1.01. The van der Waals surface area contributed by atoms with Crippen molar-refractivity contribution in [3.63, 3.8) is 0 Å². The summed E-state index contributed by atoms with van der Waals surface area (Å²) in [6.07, 6.45) is 1.38. The zero-order valence-electron chi connectivity index (χ0n) is 10.2. The fourth-order valence-corrected chi connectivity index (χ4v) is 1.42. The number of halogens is 2. The van der Waals surface area contributed by atoms with Crippen LogP contribution in [0.1, 0.15) is 19.3 Å². The van der Waals surface area contributed by atoms with Gasteiger partial charge in [-0.3, -0.25) is 4.79 Å². The summed E-state index contributed by atoms with van der Waals surface area (Å²) < 4.78 is 25.5. The smallest absolute Gasteiger partial charge is 0.312 e. The lowest BCUT2D eigenvalue weighted by Gasteiger charge is -2.05. The summed E-state index contributed by atoms with van der Waals surface area (Å²) in [5.74, 6) is -2.27. The zero-order chi connectivity index (χ0) is 14.3. The number of nitrogens with one attached hydrogen (secondary N) is 2. The van der Waals surface area contributed by atoms with Crippen molar-refractivity contribution in [3.8, 4) is 0 Å². The van der Waals surface area contributed by atoms with Crippen LogP contribution in [0.4, 0.5) is 19.3 Å². The minimum Gasteiger partial charge on any atom is -0.352 e. The Hall–Kier alpha value is -2.18. The molecule has 0 aliphatic heterocycles. The molecule has 0 bridgehead atoms. The van der Waals surface area contributed by atoms with Crippen molar-refractivity contribution >= 4 is 17.6 Å². The average Bonchev–Trinajstić information content (AvgIpc) is 2.33. The van der Waals surface area contributed by atoms with Crippen LogP contribution in [0, 0.1) is 11.6 Å². The van der Waals surface area contributed by atoms with Gasteiger partial charge in [0.25, 0.3) is 0 Å². The Morgan fingerprint density at radius 3 is 2.53 bits per heavy atom. The first-order chi connectivity index (χ1) is 8.99. The second-order valence-electron chi connectivity index (χ2n) is 3.93. The molecule has 0 aliphatic rings. The van der Waals surface area contributed by atoms with E-state index >= 15 is 0 Å². The van der Waals surface area contributed by atoms with E-state index < -0.39 is 17.7 Å². The lowest BCUT2D eigenvalue weighted by Crippen LogP contribution is -2.30. The van der Waals surface area contributed by atoms with E-state index in [1.807, 2.05) is 0 Å². The first-order valence-corrected chi connectivity index (χ1v) is 5.77. The second-order valence-corrected chi connectivity index (χ2v) is 3.93. The number of anilines is 1. The molecule has 0 saturated heterocycles. The summed E-state index contributed by atoms with van der Waals surface area (Å²) in [6.45, 7) is 0.397. The van der Waals surface area contributed by atoms with E-state index in [0.29, 0.717) is 19.4 Å². The number of urea groups is 1. The van der Waals surface area contributed by atoms with Crippen LogP contribution >= 0.6 is 0 Å². The molecule has 0 aliphatic carbocycles. The van der Waals surface area contributed by atoms with Gasteiger partial charge in [0.15, 0.2) is 11.6 Å². The molecular formula is C12H15F2N3O2. The molecule has 5 nitrogen and oxygen atoms in total. The Kier molecular flexibility index (Phi) is 5.72. The fraction of sp³-hybridized carbons (Fsp3) is 0.333.